The number of fused-ring (bicyclic) bond motifs is 6. The van der Waals surface area contributed by atoms with E-state index in [9.17, 15) is 0 Å². The summed E-state index contributed by atoms with van der Waals surface area (Å²) in [6.45, 7) is 18.2. The first kappa shape index (κ1) is 27.3. The van der Waals surface area contributed by atoms with Crippen molar-refractivity contribution in [1.82, 2.24) is 9.13 Å². The fourth-order valence-electron chi connectivity index (χ4n) is 6.73. The van der Waals surface area contributed by atoms with E-state index in [0.717, 1.165) is 45.7 Å². The quantitative estimate of drug-likeness (QED) is 0.160. The summed E-state index contributed by atoms with van der Waals surface area (Å²) in [4.78, 5) is 5.02. The van der Waals surface area contributed by atoms with Crippen molar-refractivity contribution < 1.29 is 0 Å². The van der Waals surface area contributed by atoms with Gasteiger partial charge < -0.3 is 18.9 Å². The molecular formula is C37H44N4. The zero-order valence-electron chi connectivity index (χ0n) is 25.7. The van der Waals surface area contributed by atoms with Crippen LogP contribution in [0.3, 0.4) is 0 Å². The number of hydrogen-bond acceptors (Lipinski definition) is 2. The lowest BCUT2D eigenvalue weighted by molar-refractivity contribution is 0.754. The molecule has 4 nitrogen and oxygen atoms in total. The highest BCUT2D eigenvalue weighted by Crippen LogP contribution is 2.35. The SMILES string of the molecule is CCc1ccc2c(c1)c1cc(N(CC)CN(CC)c3ccc4c(c3)c3cc(CC)ccc3n4CC)ccc1n2CC. The summed E-state index contributed by atoms with van der Waals surface area (Å²) in [6, 6.07) is 28.1. The van der Waals surface area contributed by atoms with E-state index in [0.29, 0.717) is 0 Å². The Kier molecular flexibility index (Phi) is 7.42. The van der Waals surface area contributed by atoms with Gasteiger partial charge in [0.2, 0.25) is 0 Å². The maximum atomic E-state index is 2.51. The second-order valence-electron chi connectivity index (χ2n) is 11.2. The molecule has 6 rings (SSSR count). The van der Waals surface area contributed by atoms with Gasteiger partial charge in [-0.3, -0.25) is 0 Å². The van der Waals surface area contributed by atoms with Gasteiger partial charge in [0.1, 0.15) is 0 Å². The van der Waals surface area contributed by atoms with Crippen molar-refractivity contribution in [2.45, 2.75) is 67.5 Å². The summed E-state index contributed by atoms with van der Waals surface area (Å²) >= 11 is 0. The third-order valence-corrected chi connectivity index (χ3v) is 9.11. The van der Waals surface area contributed by atoms with Gasteiger partial charge in [0.15, 0.2) is 0 Å². The molecule has 0 saturated carbocycles. The Morgan fingerprint density at radius 2 is 0.829 bits per heavy atom. The summed E-state index contributed by atoms with van der Waals surface area (Å²) in [5, 5.41) is 5.46. The van der Waals surface area contributed by atoms with E-state index >= 15 is 0 Å². The average Bonchev–Trinajstić information content (AvgIpc) is 3.51. The second-order valence-corrected chi connectivity index (χ2v) is 11.2. The van der Waals surface area contributed by atoms with Crippen molar-refractivity contribution in [1.29, 1.82) is 0 Å². The van der Waals surface area contributed by atoms with Crippen LogP contribution in [0.2, 0.25) is 0 Å². The summed E-state index contributed by atoms with van der Waals surface area (Å²) in [6.07, 6.45) is 2.12. The minimum atomic E-state index is 0.850. The lowest BCUT2D eigenvalue weighted by atomic mass is 10.1. The second kappa shape index (κ2) is 11.2. The van der Waals surface area contributed by atoms with E-state index in [4.69, 9.17) is 0 Å². The Balaban J connectivity index is 1.39. The van der Waals surface area contributed by atoms with Crippen LogP contribution >= 0.6 is 0 Å². The summed E-state index contributed by atoms with van der Waals surface area (Å²) in [5.41, 5.74) is 10.7. The predicted molar refractivity (Wildman–Crippen MR) is 180 cm³/mol. The van der Waals surface area contributed by atoms with Crippen molar-refractivity contribution in [3.8, 4) is 0 Å². The topological polar surface area (TPSA) is 16.3 Å². The molecule has 0 radical (unpaired) electrons. The van der Waals surface area contributed by atoms with Crippen LogP contribution in [0.4, 0.5) is 11.4 Å². The normalized spacial score (nSPS) is 11.9. The number of aryl methyl sites for hydroxylation is 4. The minimum absolute atomic E-state index is 0.850. The van der Waals surface area contributed by atoms with Crippen LogP contribution < -0.4 is 9.80 Å². The summed E-state index contributed by atoms with van der Waals surface area (Å²) in [7, 11) is 0. The smallest absolute Gasteiger partial charge is 0.0902 e. The number of rotatable bonds is 10. The third-order valence-electron chi connectivity index (χ3n) is 9.11. The molecular weight excluding hydrogens is 500 g/mol. The van der Waals surface area contributed by atoms with Gasteiger partial charge in [-0.15, -0.1) is 0 Å². The maximum Gasteiger partial charge on any atom is 0.0902 e. The molecule has 212 valence electrons. The number of aromatic nitrogens is 2. The van der Waals surface area contributed by atoms with E-state index in [2.05, 4.69) is 133 Å². The van der Waals surface area contributed by atoms with Gasteiger partial charge in [-0.1, -0.05) is 26.0 Å². The van der Waals surface area contributed by atoms with E-state index in [1.165, 1.54) is 66.1 Å². The molecule has 0 aliphatic carbocycles. The fraction of sp³-hybridized carbons (Fsp3) is 0.351. The molecule has 2 heterocycles. The fourth-order valence-corrected chi connectivity index (χ4v) is 6.73. The molecule has 0 saturated heterocycles. The predicted octanol–water partition coefficient (Wildman–Crippen LogP) is 9.38. The van der Waals surface area contributed by atoms with Crippen LogP contribution in [0.1, 0.15) is 52.7 Å². The highest BCUT2D eigenvalue weighted by Gasteiger charge is 2.17. The largest absolute Gasteiger partial charge is 0.354 e. The zero-order chi connectivity index (χ0) is 28.7. The Hall–Kier alpha value is -3.92. The monoisotopic (exact) mass is 544 g/mol. The average molecular weight is 545 g/mol. The molecule has 41 heavy (non-hydrogen) atoms. The Labute approximate surface area is 244 Å². The highest BCUT2D eigenvalue weighted by molar-refractivity contribution is 6.10. The van der Waals surface area contributed by atoms with Crippen LogP contribution in [0, 0.1) is 0 Å². The molecule has 0 N–H and O–H groups in total. The summed E-state index contributed by atoms with van der Waals surface area (Å²) in [5.74, 6) is 0. The lowest BCUT2D eigenvalue weighted by Gasteiger charge is -2.32. The summed E-state index contributed by atoms with van der Waals surface area (Å²) < 4.78 is 4.91. The molecule has 2 aromatic heterocycles. The molecule has 0 amide bonds. The van der Waals surface area contributed by atoms with E-state index in [-0.39, 0.29) is 0 Å². The Morgan fingerprint density at radius 3 is 1.17 bits per heavy atom. The number of hydrogen-bond donors (Lipinski definition) is 0. The van der Waals surface area contributed by atoms with Crippen LogP contribution in [0.15, 0.2) is 72.8 Å². The highest BCUT2D eigenvalue weighted by atomic mass is 15.3. The van der Waals surface area contributed by atoms with Gasteiger partial charge in [0.25, 0.3) is 0 Å². The van der Waals surface area contributed by atoms with Gasteiger partial charge in [-0.2, -0.15) is 0 Å². The number of benzene rings is 4. The lowest BCUT2D eigenvalue weighted by Crippen LogP contribution is -2.38. The molecule has 0 bridgehead atoms. The first-order valence-electron chi connectivity index (χ1n) is 15.6. The van der Waals surface area contributed by atoms with Crippen molar-refractivity contribution in [2.75, 3.05) is 29.6 Å². The zero-order valence-corrected chi connectivity index (χ0v) is 25.7. The maximum absolute atomic E-state index is 2.51. The van der Waals surface area contributed by atoms with Crippen LogP contribution in [-0.2, 0) is 25.9 Å². The van der Waals surface area contributed by atoms with Gasteiger partial charge in [-0.25, -0.2) is 0 Å². The first-order chi connectivity index (χ1) is 20.0. The molecule has 0 spiro atoms. The number of anilines is 2. The van der Waals surface area contributed by atoms with Gasteiger partial charge >= 0.3 is 0 Å². The van der Waals surface area contributed by atoms with Gasteiger partial charge in [0.05, 0.1) is 6.67 Å². The molecule has 0 unspecified atom stereocenters. The standard InChI is InChI=1S/C37H44N4/c1-7-26-13-17-34-30(21-26)32-23-28(15-19-36(32)40(34)11-5)38(9-3)25-39(10-4)29-16-20-37-33(24-29)31-22-27(8-2)14-18-35(31)41(37)12-6/h13-24H,7-12,25H2,1-6H3. The van der Waals surface area contributed by atoms with Crippen LogP contribution in [0.5, 0.6) is 0 Å². The first-order valence-corrected chi connectivity index (χ1v) is 15.6. The molecule has 6 aromatic rings. The molecule has 0 aliphatic rings. The van der Waals surface area contributed by atoms with Crippen molar-refractivity contribution in [2.24, 2.45) is 0 Å². The van der Waals surface area contributed by atoms with Crippen LogP contribution in [0.25, 0.3) is 43.6 Å². The van der Waals surface area contributed by atoms with Gasteiger partial charge in [-0.05, 0) is 112 Å². The minimum Gasteiger partial charge on any atom is -0.354 e. The van der Waals surface area contributed by atoms with Crippen molar-refractivity contribution >= 4 is 55.0 Å². The van der Waals surface area contributed by atoms with E-state index in [1.54, 1.807) is 0 Å². The molecule has 4 heteroatoms. The van der Waals surface area contributed by atoms with Crippen molar-refractivity contribution in [3.63, 3.8) is 0 Å². The molecule has 0 aliphatic heterocycles. The Morgan fingerprint density at radius 1 is 0.463 bits per heavy atom. The Bertz CT molecular complexity index is 1720. The number of nitrogens with zero attached hydrogens (tertiary/aromatic N) is 4. The molecule has 0 atom stereocenters. The van der Waals surface area contributed by atoms with E-state index < -0.39 is 0 Å². The van der Waals surface area contributed by atoms with Gasteiger partial charge in [0, 0.05) is 81.2 Å². The third kappa shape index (κ3) is 4.54. The van der Waals surface area contributed by atoms with E-state index in [1.807, 2.05) is 0 Å². The molecule has 4 aromatic carbocycles. The molecule has 0 fully saturated rings. The van der Waals surface area contributed by atoms with Crippen molar-refractivity contribution in [3.05, 3.63) is 83.9 Å². The van der Waals surface area contributed by atoms with Crippen LogP contribution in [-0.4, -0.2) is 28.9 Å².